The number of thioether (sulfide) groups is 1. The Morgan fingerprint density at radius 3 is 1.40 bits per heavy atom. The second kappa shape index (κ2) is 20.7. The predicted octanol–water partition coefficient (Wildman–Crippen LogP) is 17.4. The van der Waals surface area contributed by atoms with Crippen LogP contribution in [0.1, 0.15) is 90.1 Å². The molecule has 9 rings (SSSR count). The van der Waals surface area contributed by atoms with Crippen LogP contribution in [0.5, 0.6) is 11.5 Å². The number of aliphatic imine (C=N–C) groups is 2. The highest BCUT2D eigenvalue weighted by Crippen LogP contribution is 2.47. The number of phenolic OH excluding ortho intramolecular Hbond substituents is 2. The summed E-state index contributed by atoms with van der Waals surface area (Å²) in [6.07, 6.45) is 4.73. The first-order valence-electron chi connectivity index (χ1n) is 24.9. The minimum Gasteiger partial charge on any atom is -0.507 e. The number of hydrogen-bond donors (Lipinski definition) is 2. The number of fused-ring (bicyclic) bond motifs is 2. The zero-order chi connectivity index (χ0) is 50.8. The quantitative estimate of drug-likeness (QED) is 0.0728. The first-order valence-corrected chi connectivity index (χ1v) is 27.4. The molecule has 0 bridgehead atoms. The summed E-state index contributed by atoms with van der Waals surface area (Å²) >= 11 is 1.90. The minimum atomic E-state index is -0.458. The summed E-state index contributed by atoms with van der Waals surface area (Å²) in [6, 6.07) is 64.3. The van der Waals surface area contributed by atoms with E-state index in [2.05, 4.69) is 244 Å². The fraction of sp³-hybridized carbons (Fsp3) is 0.212. The molecule has 2 N–H and O–H groups in total. The molecule has 4 nitrogen and oxygen atoms in total. The molecule has 0 amide bonds. The molecule has 0 unspecified atom stereocenters. The second-order valence-electron chi connectivity index (χ2n) is 21.7. The monoisotopic (exact) mass is 980 g/mol. The van der Waals surface area contributed by atoms with Gasteiger partial charge in [0, 0.05) is 56.5 Å². The van der Waals surface area contributed by atoms with E-state index >= 15 is 0 Å². The van der Waals surface area contributed by atoms with Gasteiger partial charge in [0.15, 0.2) is 0 Å². The van der Waals surface area contributed by atoms with Crippen molar-refractivity contribution in [2.45, 2.75) is 83.5 Å². The van der Waals surface area contributed by atoms with Gasteiger partial charge in [-0.25, -0.2) is 0 Å². The molecule has 0 saturated carbocycles. The van der Waals surface area contributed by atoms with Gasteiger partial charge in [0.1, 0.15) is 11.5 Å². The highest BCUT2D eigenvalue weighted by molar-refractivity contribution is 7.99. The van der Waals surface area contributed by atoms with Crippen LogP contribution >= 0.6 is 19.7 Å². The maximum absolute atomic E-state index is 12.1. The highest BCUT2D eigenvalue weighted by Gasteiger charge is 2.26. The van der Waals surface area contributed by atoms with E-state index in [-0.39, 0.29) is 27.7 Å². The summed E-state index contributed by atoms with van der Waals surface area (Å²) in [5.74, 6) is 1.48. The van der Waals surface area contributed by atoms with Crippen LogP contribution in [0.4, 0.5) is 11.4 Å². The maximum Gasteiger partial charge on any atom is 0.128 e. The van der Waals surface area contributed by atoms with Crippen LogP contribution in [0.15, 0.2) is 197 Å². The molecule has 0 fully saturated rings. The summed E-state index contributed by atoms with van der Waals surface area (Å²) in [7, 11) is -0.458. The van der Waals surface area contributed by atoms with Crippen molar-refractivity contribution in [3.63, 3.8) is 0 Å². The van der Waals surface area contributed by atoms with Crippen molar-refractivity contribution < 1.29 is 10.2 Å². The maximum atomic E-state index is 12.1. The Kier molecular flexibility index (Phi) is 14.5. The largest absolute Gasteiger partial charge is 0.507 e. The number of phenols is 2. The fourth-order valence-corrected chi connectivity index (χ4v) is 13.0. The van der Waals surface area contributed by atoms with Crippen molar-refractivity contribution in [2.75, 3.05) is 11.9 Å². The van der Waals surface area contributed by atoms with Gasteiger partial charge in [-0.2, -0.15) is 0 Å². The molecule has 0 radical (unpaired) electrons. The van der Waals surface area contributed by atoms with Crippen LogP contribution in [0, 0.1) is 0 Å². The Labute approximate surface area is 432 Å². The van der Waals surface area contributed by atoms with Crippen molar-refractivity contribution in [1.29, 1.82) is 0 Å². The topological polar surface area (TPSA) is 65.2 Å². The Morgan fingerprint density at radius 1 is 0.458 bits per heavy atom. The molecule has 9 aromatic carbocycles. The number of rotatable bonds is 12. The average Bonchev–Trinajstić information content (AvgIpc) is 3.36. The molecule has 9 aromatic rings. The Morgan fingerprint density at radius 2 is 0.917 bits per heavy atom. The third-order valence-corrected chi connectivity index (χ3v) is 17.2. The number of nitrogens with zero attached hydrogens (tertiary/aromatic N) is 2. The minimum absolute atomic E-state index is 0.136. The molecule has 72 heavy (non-hydrogen) atoms. The van der Waals surface area contributed by atoms with E-state index < -0.39 is 7.92 Å². The summed E-state index contributed by atoms with van der Waals surface area (Å²) in [5, 5.41) is 30.9. The van der Waals surface area contributed by atoms with Crippen molar-refractivity contribution in [3.8, 4) is 33.8 Å². The molecule has 6 heteroatoms. The lowest BCUT2D eigenvalue weighted by atomic mass is 9.79. The van der Waals surface area contributed by atoms with Crippen LogP contribution in [0.25, 0.3) is 43.8 Å². The molecular formula is C66H65N2O2PS. The van der Waals surface area contributed by atoms with Crippen LogP contribution < -0.4 is 10.6 Å². The van der Waals surface area contributed by atoms with Gasteiger partial charge in [-0.3, -0.25) is 9.98 Å². The molecule has 0 aliphatic carbocycles. The van der Waals surface area contributed by atoms with E-state index in [1.807, 2.05) is 24.2 Å². The lowest BCUT2D eigenvalue weighted by Crippen LogP contribution is -2.17. The average molecular weight is 981 g/mol. The molecule has 0 saturated heterocycles. The molecule has 0 aliphatic rings. The van der Waals surface area contributed by atoms with Crippen LogP contribution in [0.2, 0.25) is 0 Å². The molecule has 0 aromatic heterocycles. The van der Waals surface area contributed by atoms with E-state index in [1.54, 1.807) is 0 Å². The van der Waals surface area contributed by atoms with Gasteiger partial charge in [-0.1, -0.05) is 202 Å². The van der Waals surface area contributed by atoms with Crippen molar-refractivity contribution in [1.82, 2.24) is 0 Å². The Bertz CT molecular complexity index is 3410. The second-order valence-corrected chi connectivity index (χ2v) is 25.3. The van der Waals surface area contributed by atoms with E-state index in [0.29, 0.717) is 11.1 Å². The predicted molar refractivity (Wildman–Crippen MR) is 314 cm³/mol. The Balaban J connectivity index is 1.10. The number of benzene rings is 9. The molecule has 0 spiro atoms. The van der Waals surface area contributed by atoms with Crippen LogP contribution in [-0.2, 0) is 16.2 Å². The third kappa shape index (κ3) is 11.0. The molecule has 362 valence electrons. The van der Waals surface area contributed by atoms with Gasteiger partial charge in [0.05, 0.1) is 11.4 Å². The number of hydrogen-bond acceptors (Lipinski definition) is 5. The van der Waals surface area contributed by atoms with Crippen molar-refractivity contribution >= 4 is 75.6 Å². The summed E-state index contributed by atoms with van der Waals surface area (Å²) in [5.41, 5.74) is 8.94. The third-order valence-electron chi connectivity index (χ3n) is 13.4. The summed E-state index contributed by atoms with van der Waals surface area (Å²) in [6.45, 7) is 19.4. The van der Waals surface area contributed by atoms with Crippen molar-refractivity contribution in [3.05, 3.63) is 210 Å². The first kappa shape index (κ1) is 50.2. The van der Waals surface area contributed by atoms with E-state index in [0.717, 1.165) is 83.8 Å². The van der Waals surface area contributed by atoms with Gasteiger partial charge in [-0.05, 0) is 122 Å². The van der Waals surface area contributed by atoms with Crippen LogP contribution in [0.3, 0.4) is 0 Å². The van der Waals surface area contributed by atoms with E-state index in [4.69, 9.17) is 9.98 Å². The standard InChI is InChI=1S/C66H65N2O2PS/c1-64(2,3)50-39-49(63(70)57(41-50)66(7,8)9)43-68-59-35-31-46-21-17-19-27-55(46)61(59)60-54-26-18-16-20-45(54)30-34-58(60)67-42-48-38-47(40-56(62(48)69)65(4,5)6)44-28-32-53(33-29-44)72-37-36-71(51-22-12-10-13-23-51)52-24-14-11-15-25-52/h10-35,38-43,69-70H,36-37H2,1-9H3. The van der Waals surface area contributed by atoms with Gasteiger partial charge in [-0.15, -0.1) is 11.8 Å². The van der Waals surface area contributed by atoms with Gasteiger partial charge in [0.25, 0.3) is 0 Å². The smallest absolute Gasteiger partial charge is 0.128 e. The summed E-state index contributed by atoms with van der Waals surface area (Å²) in [4.78, 5) is 11.8. The molecule has 0 aliphatic heterocycles. The molecule has 0 heterocycles. The zero-order valence-corrected chi connectivity index (χ0v) is 44.7. The lowest BCUT2D eigenvalue weighted by Gasteiger charge is -2.27. The van der Waals surface area contributed by atoms with Gasteiger partial charge >= 0.3 is 0 Å². The molecular weight excluding hydrogens is 916 g/mol. The fourth-order valence-electron chi connectivity index (χ4n) is 9.41. The van der Waals surface area contributed by atoms with Crippen molar-refractivity contribution in [2.24, 2.45) is 9.98 Å². The molecule has 0 atom stereocenters. The normalized spacial score (nSPS) is 12.5. The van der Waals surface area contributed by atoms with Crippen LogP contribution in [-0.4, -0.2) is 34.6 Å². The van der Waals surface area contributed by atoms with E-state index in [9.17, 15) is 10.2 Å². The van der Waals surface area contributed by atoms with Gasteiger partial charge < -0.3 is 10.2 Å². The lowest BCUT2D eigenvalue weighted by molar-refractivity contribution is 0.443. The number of aromatic hydroxyl groups is 2. The Hall–Kier alpha value is -6.78. The zero-order valence-electron chi connectivity index (χ0n) is 43.0. The summed E-state index contributed by atoms with van der Waals surface area (Å²) < 4.78 is 0. The van der Waals surface area contributed by atoms with Gasteiger partial charge in [0.2, 0.25) is 0 Å². The first-order chi connectivity index (χ1) is 34.4. The highest BCUT2D eigenvalue weighted by atomic mass is 32.2. The van der Waals surface area contributed by atoms with E-state index in [1.165, 1.54) is 15.5 Å². The SMILES string of the molecule is CC(C)(C)c1cc(C=Nc2ccc3ccccc3c2-c2c(N=Cc3cc(-c4ccc(SCCP(c5ccccc5)c5ccccc5)cc4)cc(C(C)(C)C)c3O)ccc3ccccc23)c(O)c(C(C)(C)C)c1.